The number of aromatic nitrogens is 5. The van der Waals surface area contributed by atoms with Gasteiger partial charge in [-0.05, 0) is 26.0 Å². The van der Waals surface area contributed by atoms with E-state index in [1.807, 2.05) is 20.8 Å². The van der Waals surface area contributed by atoms with Crippen molar-refractivity contribution in [2.24, 2.45) is 0 Å². The van der Waals surface area contributed by atoms with Gasteiger partial charge in [0.15, 0.2) is 0 Å². The maximum Gasteiger partial charge on any atom is 0.256 e. The Hall–Kier alpha value is -3.29. The average Bonchev–Trinajstić information content (AvgIpc) is 3.04. The van der Waals surface area contributed by atoms with E-state index in [1.54, 1.807) is 44.4 Å². The minimum Gasteiger partial charge on any atom is -0.306 e. The van der Waals surface area contributed by atoms with Gasteiger partial charge in [0.1, 0.15) is 5.82 Å². The number of H-pyrrole nitrogens is 1. The van der Waals surface area contributed by atoms with Crippen LogP contribution < -0.4 is 10.9 Å². The fourth-order valence-electron chi connectivity index (χ4n) is 2.42. The molecule has 0 radical (unpaired) electrons. The predicted octanol–water partition coefficient (Wildman–Crippen LogP) is 2.52. The molecule has 0 unspecified atom stereocenters. The summed E-state index contributed by atoms with van der Waals surface area (Å²) in [7, 11) is 0. The highest BCUT2D eigenvalue weighted by Gasteiger charge is 2.23. The molecule has 0 aromatic carbocycles. The van der Waals surface area contributed by atoms with Gasteiger partial charge in [-0.3, -0.25) is 19.6 Å². The van der Waals surface area contributed by atoms with Crippen LogP contribution in [-0.2, 0) is 5.41 Å². The zero-order valence-electron chi connectivity index (χ0n) is 16.0. The van der Waals surface area contributed by atoms with Crippen LogP contribution in [0.4, 0.5) is 5.82 Å². The summed E-state index contributed by atoms with van der Waals surface area (Å²) in [5.74, 6) is 0.377. The van der Waals surface area contributed by atoms with Gasteiger partial charge in [-0.1, -0.05) is 20.8 Å². The van der Waals surface area contributed by atoms with Crippen LogP contribution in [0.15, 0.2) is 35.4 Å². The van der Waals surface area contributed by atoms with Gasteiger partial charge in [0, 0.05) is 40.7 Å². The number of amides is 1. The molecule has 0 spiro atoms. The molecule has 0 saturated heterocycles. The molecule has 0 fully saturated rings. The second-order valence-electron chi connectivity index (χ2n) is 7.37. The van der Waals surface area contributed by atoms with E-state index in [-0.39, 0.29) is 22.8 Å². The molecule has 8 heteroatoms. The van der Waals surface area contributed by atoms with Crippen LogP contribution in [0.1, 0.15) is 48.1 Å². The first-order chi connectivity index (χ1) is 12.7. The van der Waals surface area contributed by atoms with E-state index in [4.69, 9.17) is 0 Å². The number of aromatic amines is 1. The molecule has 3 aromatic heterocycles. The lowest BCUT2D eigenvalue weighted by atomic mass is 9.92. The van der Waals surface area contributed by atoms with Gasteiger partial charge >= 0.3 is 0 Å². The Bertz CT molecular complexity index is 1040. The number of nitrogens with one attached hydrogen (secondary N) is 2. The van der Waals surface area contributed by atoms with E-state index >= 15 is 0 Å². The molecule has 1 amide bonds. The predicted molar refractivity (Wildman–Crippen MR) is 102 cm³/mol. The molecule has 2 N–H and O–H groups in total. The van der Waals surface area contributed by atoms with Gasteiger partial charge < -0.3 is 5.32 Å². The first-order valence-electron chi connectivity index (χ1n) is 8.56. The normalized spacial score (nSPS) is 11.4. The topological polar surface area (TPSA) is 106 Å². The summed E-state index contributed by atoms with van der Waals surface area (Å²) in [5.41, 5.74) is 1.89. The van der Waals surface area contributed by atoms with Crippen molar-refractivity contribution in [1.82, 2.24) is 24.7 Å². The summed E-state index contributed by atoms with van der Waals surface area (Å²) in [6.07, 6.45) is 3.10. The van der Waals surface area contributed by atoms with Crippen LogP contribution in [0, 0.1) is 13.8 Å². The van der Waals surface area contributed by atoms with E-state index < -0.39 is 0 Å². The van der Waals surface area contributed by atoms with Crippen molar-refractivity contribution in [2.45, 2.75) is 40.0 Å². The Labute approximate surface area is 156 Å². The Morgan fingerprint density at radius 3 is 2.44 bits per heavy atom. The van der Waals surface area contributed by atoms with Gasteiger partial charge in [-0.15, -0.1) is 0 Å². The largest absolute Gasteiger partial charge is 0.306 e. The quantitative estimate of drug-likeness (QED) is 0.741. The number of pyridine rings is 1. The van der Waals surface area contributed by atoms with E-state index in [9.17, 15) is 9.59 Å². The van der Waals surface area contributed by atoms with Crippen molar-refractivity contribution in [2.75, 3.05) is 5.32 Å². The van der Waals surface area contributed by atoms with Gasteiger partial charge in [0.2, 0.25) is 5.95 Å². The highest BCUT2D eigenvalue weighted by atomic mass is 16.2. The van der Waals surface area contributed by atoms with E-state index in [0.717, 1.165) is 5.69 Å². The molecule has 0 bridgehead atoms. The maximum absolute atomic E-state index is 12.6. The maximum atomic E-state index is 12.6. The van der Waals surface area contributed by atoms with Gasteiger partial charge in [0.25, 0.3) is 11.5 Å². The SMILES string of the molecule is Cc1nc(-n2nc(C(C)(C)C)cc2NC(=O)c2ccncc2)[nH]c(=O)c1C. The van der Waals surface area contributed by atoms with Gasteiger partial charge in [-0.25, -0.2) is 4.98 Å². The molecule has 8 nitrogen and oxygen atoms in total. The third-order valence-electron chi connectivity index (χ3n) is 4.24. The first kappa shape index (κ1) is 18.5. The number of rotatable bonds is 3. The summed E-state index contributed by atoms with van der Waals surface area (Å²) in [5, 5.41) is 7.41. The van der Waals surface area contributed by atoms with Crippen LogP contribution in [0.5, 0.6) is 0 Å². The summed E-state index contributed by atoms with van der Waals surface area (Å²) < 4.78 is 1.45. The summed E-state index contributed by atoms with van der Waals surface area (Å²) in [4.78, 5) is 35.8. The van der Waals surface area contributed by atoms with E-state index in [2.05, 4.69) is 25.4 Å². The molecule has 3 rings (SSSR count). The highest BCUT2D eigenvalue weighted by Crippen LogP contribution is 2.25. The zero-order chi connectivity index (χ0) is 19.8. The fraction of sp³-hybridized carbons (Fsp3) is 0.316. The second-order valence-corrected chi connectivity index (χ2v) is 7.37. The summed E-state index contributed by atoms with van der Waals surface area (Å²) in [6, 6.07) is 5.03. The van der Waals surface area contributed by atoms with Crippen molar-refractivity contribution >= 4 is 11.7 Å². The second kappa shape index (κ2) is 6.79. The van der Waals surface area contributed by atoms with Gasteiger partial charge in [0.05, 0.1) is 5.69 Å². The van der Waals surface area contributed by atoms with Crippen LogP contribution in [-0.4, -0.2) is 30.6 Å². The smallest absolute Gasteiger partial charge is 0.256 e. The molecule has 27 heavy (non-hydrogen) atoms. The molecule has 3 aromatic rings. The summed E-state index contributed by atoms with van der Waals surface area (Å²) in [6.45, 7) is 9.53. The number of hydrogen-bond acceptors (Lipinski definition) is 5. The number of carbonyl (C=O) groups is 1. The lowest BCUT2D eigenvalue weighted by molar-refractivity contribution is 0.102. The number of aryl methyl sites for hydroxylation is 1. The van der Waals surface area contributed by atoms with Crippen molar-refractivity contribution in [3.8, 4) is 5.95 Å². The molecule has 140 valence electrons. The van der Waals surface area contributed by atoms with E-state index in [0.29, 0.717) is 22.6 Å². The molecule has 0 atom stereocenters. The zero-order valence-corrected chi connectivity index (χ0v) is 16.0. The Kier molecular flexibility index (Phi) is 4.65. The summed E-state index contributed by atoms with van der Waals surface area (Å²) >= 11 is 0. The standard InChI is InChI=1S/C19H22N6O2/c1-11-12(2)21-18(23-16(11)26)25-15(10-14(24-25)19(3,4)5)22-17(27)13-6-8-20-9-7-13/h6-10H,1-5H3,(H,22,27)(H,21,23,26). The molecule has 0 aliphatic carbocycles. The minimum absolute atomic E-state index is 0.239. The highest BCUT2D eigenvalue weighted by molar-refractivity contribution is 6.03. The first-order valence-corrected chi connectivity index (χ1v) is 8.56. The van der Waals surface area contributed by atoms with Crippen LogP contribution in [0.25, 0.3) is 5.95 Å². The number of carbonyl (C=O) groups excluding carboxylic acids is 1. The molecule has 0 aliphatic heterocycles. The Morgan fingerprint density at radius 1 is 1.19 bits per heavy atom. The van der Waals surface area contributed by atoms with Crippen molar-refractivity contribution < 1.29 is 4.79 Å². The van der Waals surface area contributed by atoms with E-state index in [1.165, 1.54) is 4.68 Å². The average molecular weight is 366 g/mol. The third kappa shape index (κ3) is 3.79. The number of nitrogens with zero attached hydrogens (tertiary/aromatic N) is 4. The molecule has 0 aliphatic rings. The molecule has 0 saturated carbocycles. The van der Waals surface area contributed by atoms with Gasteiger partial charge in [-0.2, -0.15) is 9.78 Å². The number of hydrogen-bond donors (Lipinski definition) is 2. The molecule has 3 heterocycles. The minimum atomic E-state index is -0.301. The Morgan fingerprint density at radius 2 is 1.85 bits per heavy atom. The lowest BCUT2D eigenvalue weighted by Gasteiger charge is -2.14. The Balaban J connectivity index is 2.09. The van der Waals surface area contributed by atoms with Crippen LogP contribution >= 0.6 is 0 Å². The molecular formula is C19H22N6O2. The van der Waals surface area contributed by atoms with Crippen molar-refractivity contribution in [1.29, 1.82) is 0 Å². The third-order valence-corrected chi connectivity index (χ3v) is 4.24. The molecular weight excluding hydrogens is 344 g/mol. The van der Waals surface area contributed by atoms with Crippen LogP contribution in [0.2, 0.25) is 0 Å². The monoisotopic (exact) mass is 366 g/mol. The fourth-order valence-corrected chi connectivity index (χ4v) is 2.42. The lowest BCUT2D eigenvalue weighted by Crippen LogP contribution is -2.21. The van der Waals surface area contributed by atoms with Crippen molar-refractivity contribution in [3.05, 3.63) is 63.5 Å². The van der Waals surface area contributed by atoms with Crippen molar-refractivity contribution in [3.63, 3.8) is 0 Å². The van der Waals surface area contributed by atoms with Crippen LogP contribution in [0.3, 0.4) is 0 Å². The number of anilines is 1.